The van der Waals surface area contributed by atoms with Gasteiger partial charge in [-0.3, -0.25) is 14.5 Å². The molecule has 2 bridgehead atoms. The molecule has 6 rings (SSSR count). The van der Waals surface area contributed by atoms with E-state index in [1.165, 1.54) is 4.90 Å². The van der Waals surface area contributed by atoms with Crippen LogP contribution >= 0.6 is 0 Å². The number of likely N-dealkylation sites (tertiary alicyclic amines) is 1. The number of nitrogens with zero attached hydrogens (tertiary/aromatic N) is 1. The molecule has 4 aliphatic rings. The first-order valence-electron chi connectivity index (χ1n) is 11.0. The molecule has 5 nitrogen and oxygen atoms in total. The maximum absolute atomic E-state index is 13.7. The van der Waals surface area contributed by atoms with E-state index in [2.05, 4.69) is 19.1 Å². The van der Waals surface area contributed by atoms with Crippen molar-refractivity contribution in [2.24, 2.45) is 11.8 Å². The molecule has 30 heavy (non-hydrogen) atoms. The molecule has 156 valence electrons. The molecule has 0 aromatic heterocycles. The molecule has 0 unspecified atom stereocenters. The molecule has 1 saturated heterocycles. The molecule has 0 saturated carbocycles. The minimum absolute atomic E-state index is 0.0768. The topological polar surface area (TPSA) is 66.8 Å². The molecule has 2 aromatic rings. The summed E-state index contributed by atoms with van der Waals surface area (Å²) in [6, 6.07) is 16.0. The number of ether oxygens (including phenoxy) is 1. The number of rotatable bonds is 7. The molecule has 2 aromatic carbocycles. The van der Waals surface area contributed by atoms with Crippen LogP contribution in [0.25, 0.3) is 0 Å². The fourth-order valence-corrected chi connectivity index (χ4v) is 5.95. The third-order valence-electron chi connectivity index (χ3n) is 7.04. The molecular formula is C25H27NO4. The van der Waals surface area contributed by atoms with E-state index in [4.69, 9.17) is 4.74 Å². The SMILES string of the molecule is CCCCCN1C(=O)[C@@H]2C3c4ccccc4C(OCCO)(c4ccccc43)[C@@H]2C1=O. The van der Waals surface area contributed by atoms with Gasteiger partial charge < -0.3 is 9.84 Å². The summed E-state index contributed by atoms with van der Waals surface area (Å²) in [5, 5.41) is 9.58. The zero-order valence-corrected chi connectivity index (χ0v) is 17.2. The lowest BCUT2D eigenvalue weighted by Gasteiger charge is -2.53. The Morgan fingerprint density at radius 1 is 0.967 bits per heavy atom. The number of hydrogen-bond donors (Lipinski definition) is 1. The number of aliphatic hydroxyl groups is 1. The smallest absolute Gasteiger partial charge is 0.236 e. The molecule has 0 radical (unpaired) electrons. The lowest BCUT2D eigenvalue weighted by atomic mass is 9.52. The van der Waals surface area contributed by atoms with Gasteiger partial charge >= 0.3 is 0 Å². The average molecular weight is 405 g/mol. The van der Waals surface area contributed by atoms with Crippen molar-refractivity contribution in [1.29, 1.82) is 0 Å². The lowest BCUT2D eigenvalue weighted by molar-refractivity contribution is -0.147. The van der Waals surface area contributed by atoms with Crippen LogP contribution in [0.2, 0.25) is 0 Å². The van der Waals surface area contributed by atoms with Crippen LogP contribution in [0.3, 0.4) is 0 Å². The fraction of sp³-hybridized carbons (Fsp3) is 0.440. The Morgan fingerprint density at radius 3 is 2.20 bits per heavy atom. The third-order valence-corrected chi connectivity index (χ3v) is 7.04. The maximum atomic E-state index is 13.7. The molecule has 1 fully saturated rings. The number of benzene rings is 2. The van der Waals surface area contributed by atoms with E-state index in [9.17, 15) is 14.7 Å². The highest BCUT2D eigenvalue weighted by atomic mass is 16.5. The molecular weight excluding hydrogens is 378 g/mol. The van der Waals surface area contributed by atoms with Gasteiger partial charge in [0, 0.05) is 12.5 Å². The van der Waals surface area contributed by atoms with Crippen molar-refractivity contribution in [3.63, 3.8) is 0 Å². The number of amides is 2. The van der Waals surface area contributed by atoms with Gasteiger partial charge in [-0.2, -0.15) is 0 Å². The van der Waals surface area contributed by atoms with E-state index in [-0.39, 0.29) is 30.9 Å². The predicted octanol–water partition coefficient (Wildman–Crippen LogP) is 3.19. The molecule has 2 atom stereocenters. The summed E-state index contributed by atoms with van der Waals surface area (Å²) in [6.45, 7) is 2.54. The van der Waals surface area contributed by atoms with E-state index >= 15 is 0 Å². The van der Waals surface area contributed by atoms with Gasteiger partial charge in [0.05, 0.1) is 25.0 Å². The van der Waals surface area contributed by atoms with E-state index in [1.807, 2.05) is 36.4 Å². The second-order valence-electron chi connectivity index (χ2n) is 8.50. The Morgan fingerprint density at radius 2 is 1.60 bits per heavy atom. The van der Waals surface area contributed by atoms with Gasteiger partial charge in [0.1, 0.15) is 5.60 Å². The summed E-state index contributed by atoms with van der Waals surface area (Å²) in [5.74, 6) is -1.40. The minimum atomic E-state index is -1.04. The van der Waals surface area contributed by atoms with Crippen LogP contribution in [-0.4, -0.2) is 41.6 Å². The molecule has 1 heterocycles. The van der Waals surface area contributed by atoms with Crippen LogP contribution in [0, 0.1) is 11.8 Å². The summed E-state index contributed by atoms with van der Waals surface area (Å²) < 4.78 is 6.42. The van der Waals surface area contributed by atoms with Crippen LogP contribution in [-0.2, 0) is 19.9 Å². The van der Waals surface area contributed by atoms with Crippen molar-refractivity contribution < 1.29 is 19.4 Å². The van der Waals surface area contributed by atoms with Crippen LogP contribution in [0.15, 0.2) is 48.5 Å². The first kappa shape index (κ1) is 19.5. The molecule has 5 heteroatoms. The summed E-state index contributed by atoms with van der Waals surface area (Å²) in [7, 11) is 0. The Hall–Kier alpha value is -2.50. The van der Waals surface area contributed by atoms with Gasteiger partial charge in [0.15, 0.2) is 0 Å². The Balaban J connectivity index is 1.72. The molecule has 3 aliphatic carbocycles. The Bertz CT molecular complexity index is 953. The number of carbonyl (C=O) groups excluding carboxylic acids is 2. The van der Waals surface area contributed by atoms with E-state index in [0.29, 0.717) is 6.54 Å². The fourth-order valence-electron chi connectivity index (χ4n) is 5.95. The highest BCUT2D eigenvalue weighted by molar-refractivity contribution is 6.08. The Labute approximate surface area is 176 Å². The standard InChI is InChI=1S/C25H27NO4/c1-2-3-8-13-26-23(28)21-20-16-9-4-6-11-18(16)25(30-15-14-27,22(21)24(26)29)19-12-7-5-10-17(19)20/h4-7,9-12,20-22,27H,2-3,8,13-15H2,1H3/t20?,21-,22+,25?/m1/s1. The number of imide groups is 1. The monoisotopic (exact) mass is 405 g/mol. The summed E-state index contributed by atoms with van der Waals surface area (Å²) >= 11 is 0. The number of hydrogen-bond acceptors (Lipinski definition) is 4. The quantitative estimate of drug-likeness (QED) is 0.568. The van der Waals surface area contributed by atoms with E-state index < -0.39 is 17.4 Å². The summed E-state index contributed by atoms with van der Waals surface area (Å²) in [6.07, 6.45) is 2.84. The minimum Gasteiger partial charge on any atom is -0.394 e. The molecule has 1 N–H and O–H groups in total. The molecule has 0 spiro atoms. The second kappa shape index (κ2) is 7.33. The van der Waals surface area contributed by atoms with Crippen molar-refractivity contribution in [1.82, 2.24) is 4.90 Å². The van der Waals surface area contributed by atoms with Crippen LogP contribution in [0.1, 0.15) is 54.4 Å². The lowest BCUT2D eigenvalue weighted by Crippen LogP contribution is -2.55. The van der Waals surface area contributed by atoms with Gasteiger partial charge in [-0.15, -0.1) is 0 Å². The zero-order chi connectivity index (χ0) is 20.9. The van der Waals surface area contributed by atoms with Crippen molar-refractivity contribution in [2.75, 3.05) is 19.8 Å². The van der Waals surface area contributed by atoms with Gasteiger partial charge in [-0.05, 0) is 28.7 Å². The highest BCUT2D eigenvalue weighted by Crippen LogP contribution is 2.64. The van der Waals surface area contributed by atoms with Crippen LogP contribution in [0.5, 0.6) is 0 Å². The molecule has 2 amide bonds. The summed E-state index contributed by atoms with van der Waals surface area (Å²) in [5.41, 5.74) is 3.00. The van der Waals surface area contributed by atoms with Crippen molar-refractivity contribution in [2.45, 2.75) is 37.7 Å². The zero-order valence-electron chi connectivity index (χ0n) is 17.2. The van der Waals surface area contributed by atoms with Crippen LogP contribution in [0.4, 0.5) is 0 Å². The van der Waals surface area contributed by atoms with Crippen molar-refractivity contribution >= 4 is 11.8 Å². The third kappa shape index (κ3) is 2.42. The normalized spacial score (nSPS) is 28.5. The van der Waals surface area contributed by atoms with Crippen molar-refractivity contribution in [3.05, 3.63) is 70.8 Å². The number of aliphatic hydroxyl groups excluding tert-OH is 1. The molecule has 1 aliphatic heterocycles. The number of unbranched alkanes of at least 4 members (excludes halogenated alkanes) is 2. The van der Waals surface area contributed by atoms with Crippen molar-refractivity contribution in [3.8, 4) is 0 Å². The largest absolute Gasteiger partial charge is 0.394 e. The van der Waals surface area contributed by atoms with Gasteiger partial charge in [0.2, 0.25) is 11.8 Å². The maximum Gasteiger partial charge on any atom is 0.236 e. The van der Waals surface area contributed by atoms with E-state index in [1.54, 1.807) is 0 Å². The highest BCUT2D eigenvalue weighted by Gasteiger charge is 2.68. The van der Waals surface area contributed by atoms with E-state index in [0.717, 1.165) is 41.5 Å². The second-order valence-corrected chi connectivity index (χ2v) is 8.50. The van der Waals surface area contributed by atoms with Gasteiger partial charge in [-0.1, -0.05) is 68.3 Å². The summed E-state index contributed by atoms with van der Waals surface area (Å²) in [4.78, 5) is 28.7. The Kier molecular flexibility index (Phi) is 4.75. The first-order chi connectivity index (χ1) is 14.7. The van der Waals surface area contributed by atoms with Gasteiger partial charge in [-0.25, -0.2) is 0 Å². The predicted molar refractivity (Wildman–Crippen MR) is 112 cm³/mol. The van der Waals surface area contributed by atoms with Crippen LogP contribution < -0.4 is 0 Å². The van der Waals surface area contributed by atoms with Gasteiger partial charge in [0.25, 0.3) is 0 Å². The average Bonchev–Trinajstić information content (AvgIpc) is 3.04. The first-order valence-corrected chi connectivity index (χ1v) is 11.0. The number of carbonyl (C=O) groups is 2.